The molecule has 1 heterocycles. The Morgan fingerprint density at radius 3 is 1.57 bits per heavy atom. The molecule has 0 unspecified atom stereocenters. The van der Waals surface area contributed by atoms with E-state index >= 15 is 0 Å². The second-order valence-corrected chi connectivity index (χ2v) is 16.5. The SMILES string of the molecule is CC1(C)c2cc(-c3ccccc3)ccc2-c2ccc(N(c3ccc(C#N)cc3)c3ccc(-c4ccc(-c5ccc6c(c5)c5ccccc5n6-c5ccccc5)cc4)cc3)cc21. The molecule has 10 aromatic rings. The topological polar surface area (TPSA) is 32.0 Å². The van der Waals surface area contributed by atoms with Crippen LogP contribution in [0.3, 0.4) is 0 Å². The van der Waals surface area contributed by atoms with Gasteiger partial charge in [0.25, 0.3) is 0 Å². The standard InChI is InChI=1S/C58H41N3/c1-58(2)54-36-45(40-11-5-3-6-12-40)25-32-50(54)51-33-31-49(37-55(51)58)60(47-27-17-39(38-59)18-28-47)48-29-23-42(24-30-48)41-19-21-43(22-20-41)44-26-34-57-53(35-44)52-15-9-10-16-56(52)61(57)46-13-7-4-8-14-46/h3-37H,1-2H3. The maximum atomic E-state index is 9.62. The molecule has 0 spiro atoms. The van der Waals surface area contributed by atoms with Crippen LogP contribution in [0.2, 0.25) is 0 Å². The summed E-state index contributed by atoms with van der Waals surface area (Å²) >= 11 is 0. The van der Waals surface area contributed by atoms with Crippen molar-refractivity contribution in [2.24, 2.45) is 0 Å². The van der Waals surface area contributed by atoms with E-state index in [9.17, 15) is 5.26 Å². The molecule has 288 valence electrons. The van der Waals surface area contributed by atoms with E-state index in [0.29, 0.717) is 5.56 Å². The number of hydrogen-bond donors (Lipinski definition) is 0. The van der Waals surface area contributed by atoms with Gasteiger partial charge in [-0.15, -0.1) is 0 Å². The number of nitriles is 1. The normalized spacial score (nSPS) is 12.5. The van der Waals surface area contributed by atoms with Crippen molar-refractivity contribution in [3.63, 3.8) is 0 Å². The first-order valence-electron chi connectivity index (χ1n) is 20.9. The summed E-state index contributed by atoms with van der Waals surface area (Å²) in [6.45, 7) is 4.68. The Bertz CT molecular complexity index is 3300. The van der Waals surface area contributed by atoms with E-state index in [4.69, 9.17) is 0 Å². The maximum Gasteiger partial charge on any atom is 0.0991 e. The van der Waals surface area contributed by atoms with Crippen molar-refractivity contribution in [2.75, 3.05) is 4.90 Å². The molecular formula is C58H41N3. The number of anilines is 3. The second kappa shape index (κ2) is 14.4. The van der Waals surface area contributed by atoms with E-state index in [-0.39, 0.29) is 5.41 Å². The third kappa shape index (κ3) is 6.12. The van der Waals surface area contributed by atoms with Crippen LogP contribution in [0.4, 0.5) is 17.1 Å². The Kier molecular flexibility index (Phi) is 8.55. The highest BCUT2D eigenvalue weighted by atomic mass is 15.1. The van der Waals surface area contributed by atoms with Crippen LogP contribution in [0.5, 0.6) is 0 Å². The number of fused-ring (bicyclic) bond motifs is 6. The van der Waals surface area contributed by atoms with Gasteiger partial charge in [-0.1, -0.05) is 141 Å². The number of hydrogen-bond acceptors (Lipinski definition) is 2. The number of aromatic nitrogens is 1. The van der Waals surface area contributed by atoms with Crippen LogP contribution in [0, 0.1) is 11.3 Å². The van der Waals surface area contributed by atoms with Crippen molar-refractivity contribution in [3.05, 3.63) is 229 Å². The molecule has 11 rings (SSSR count). The van der Waals surface area contributed by atoms with Gasteiger partial charge in [0.05, 0.1) is 22.7 Å². The molecule has 61 heavy (non-hydrogen) atoms. The first kappa shape index (κ1) is 36.2. The van der Waals surface area contributed by atoms with Crippen molar-refractivity contribution in [1.82, 2.24) is 4.57 Å². The van der Waals surface area contributed by atoms with Gasteiger partial charge >= 0.3 is 0 Å². The van der Waals surface area contributed by atoms with Crippen molar-refractivity contribution in [3.8, 4) is 56.3 Å². The van der Waals surface area contributed by atoms with Crippen molar-refractivity contribution in [2.45, 2.75) is 19.3 Å². The zero-order chi connectivity index (χ0) is 41.1. The molecule has 3 nitrogen and oxygen atoms in total. The second-order valence-electron chi connectivity index (χ2n) is 16.5. The Morgan fingerprint density at radius 2 is 0.885 bits per heavy atom. The van der Waals surface area contributed by atoms with Gasteiger partial charge in [-0.2, -0.15) is 5.26 Å². The van der Waals surface area contributed by atoms with E-state index in [1.54, 1.807) is 0 Å². The zero-order valence-electron chi connectivity index (χ0n) is 34.0. The van der Waals surface area contributed by atoms with E-state index in [0.717, 1.165) is 33.9 Å². The summed E-state index contributed by atoms with van der Waals surface area (Å²) in [6.07, 6.45) is 0. The van der Waals surface area contributed by atoms with Gasteiger partial charge in [-0.3, -0.25) is 0 Å². The molecule has 0 saturated carbocycles. The van der Waals surface area contributed by atoms with Crippen LogP contribution < -0.4 is 4.90 Å². The minimum Gasteiger partial charge on any atom is -0.310 e. The van der Waals surface area contributed by atoms with Gasteiger partial charge < -0.3 is 9.47 Å². The van der Waals surface area contributed by atoms with E-state index < -0.39 is 0 Å². The Labute approximate surface area is 356 Å². The zero-order valence-corrected chi connectivity index (χ0v) is 34.0. The minimum absolute atomic E-state index is 0.190. The molecule has 0 amide bonds. The predicted octanol–water partition coefficient (Wildman–Crippen LogP) is 15.4. The monoisotopic (exact) mass is 779 g/mol. The lowest BCUT2D eigenvalue weighted by Gasteiger charge is -2.28. The average Bonchev–Trinajstić information content (AvgIpc) is 3.77. The van der Waals surface area contributed by atoms with Crippen LogP contribution in [-0.2, 0) is 5.41 Å². The molecule has 0 bridgehead atoms. The maximum absolute atomic E-state index is 9.62. The van der Waals surface area contributed by atoms with E-state index in [1.807, 2.05) is 24.3 Å². The highest BCUT2D eigenvalue weighted by molar-refractivity contribution is 6.10. The summed E-state index contributed by atoms with van der Waals surface area (Å²) in [6, 6.07) is 78.4. The molecular weight excluding hydrogens is 739 g/mol. The molecule has 0 fully saturated rings. The summed E-state index contributed by atoms with van der Waals surface area (Å²) in [5.41, 5.74) is 19.5. The van der Waals surface area contributed by atoms with E-state index in [2.05, 4.69) is 217 Å². The summed E-state index contributed by atoms with van der Waals surface area (Å²) < 4.78 is 2.36. The van der Waals surface area contributed by atoms with Crippen molar-refractivity contribution < 1.29 is 0 Å². The molecule has 1 aromatic heterocycles. The fourth-order valence-corrected chi connectivity index (χ4v) is 9.47. The molecule has 9 aromatic carbocycles. The van der Waals surface area contributed by atoms with Crippen LogP contribution in [0.25, 0.3) is 72.0 Å². The molecule has 0 saturated heterocycles. The number of rotatable bonds is 7. The van der Waals surface area contributed by atoms with Gasteiger partial charge in [0.2, 0.25) is 0 Å². The molecule has 0 aliphatic heterocycles. The first-order valence-corrected chi connectivity index (χ1v) is 20.9. The lowest BCUT2D eigenvalue weighted by Crippen LogP contribution is -2.16. The fourth-order valence-electron chi connectivity index (χ4n) is 9.47. The van der Waals surface area contributed by atoms with Gasteiger partial charge in [-0.05, 0) is 141 Å². The molecule has 0 radical (unpaired) electrons. The molecule has 1 aliphatic rings. The Balaban J connectivity index is 0.917. The summed E-state index contributed by atoms with van der Waals surface area (Å²) in [5.74, 6) is 0. The van der Waals surface area contributed by atoms with E-state index in [1.165, 1.54) is 66.3 Å². The largest absolute Gasteiger partial charge is 0.310 e. The summed E-state index contributed by atoms with van der Waals surface area (Å²) in [7, 11) is 0. The number of para-hydroxylation sites is 2. The highest BCUT2D eigenvalue weighted by Crippen LogP contribution is 2.51. The lowest BCUT2D eigenvalue weighted by atomic mass is 9.81. The van der Waals surface area contributed by atoms with Crippen LogP contribution in [0.1, 0.15) is 30.5 Å². The quantitative estimate of drug-likeness (QED) is 0.161. The average molecular weight is 780 g/mol. The fraction of sp³-hybridized carbons (Fsp3) is 0.0517. The van der Waals surface area contributed by atoms with Crippen molar-refractivity contribution in [1.29, 1.82) is 5.26 Å². The van der Waals surface area contributed by atoms with Gasteiger partial charge in [-0.25, -0.2) is 0 Å². The third-order valence-electron chi connectivity index (χ3n) is 12.6. The highest BCUT2D eigenvalue weighted by Gasteiger charge is 2.36. The number of benzene rings is 9. The first-order chi connectivity index (χ1) is 29.9. The molecule has 3 heteroatoms. The van der Waals surface area contributed by atoms with Crippen LogP contribution in [0.15, 0.2) is 212 Å². The molecule has 0 N–H and O–H groups in total. The Morgan fingerprint density at radius 1 is 0.410 bits per heavy atom. The van der Waals surface area contributed by atoms with Gasteiger partial charge in [0.15, 0.2) is 0 Å². The Hall–Kier alpha value is -7.93. The minimum atomic E-state index is -0.190. The molecule has 1 aliphatic carbocycles. The molecule has 0 atom stereocenters. The number of nitrogens with zero attached hydrogens (tertiary/aromatic N) is 3. The summed E-state index contributed by atoms with van der Waals surface area (Å²) in [4.78, 5) is 2.30. The van der Waals surface area contributed by atoms with Crippen LogP contribution >= 0.6 is 0 Å². The predicted molar refractivity (Wildman–Crippen MR) is 254 cm³/mol. The van der Waals surface area contributed by atoms with Gasteiger partial charge in [0, 0.05) is 38.9 Å². The van der Waals surface area contributed by atoms with Crippen molar-refractivity contribution >= 4 is 38.9 Å². The smallest absolute Gasteiger partial charge is 0.0991 e. The lowest BCUT2D eigenvalue weighted by molar-refractivity contribution is 0.660. The summed E-state index contributed by atoms with van der Waals surface area (Å²) in [5, 5.41) is 12.1. The van der Waals surface area contributed by atoms with Crippen LogP contribution in [-0.4, -0.2) is 4.57 Å². The van der Waals surface area contributed by atoms with Gasteiger partial charge in [0.1, 0.15) is 0 Å². The third-order valence-corrected chi connectivity index (χ3v) is 12.6.